The van der Waals surface area contributed by atoms with E-state index in [0.29, 0.717) is 21.8 Å². The maximum atomic E-state index is 12.9. The SMILES string of the molecule is COC(=O)CCn1c(SCc2ccccc2OC)nc2ccccc2c1=O. The molecule has 0 bridgehead atoms. The van der Waals surface area contributed by atoms with E-state index in [1.165, 1.54) is 18.9 Å². The Labute approximate surface area is 161 Å². The zero-order valence-electron chi connectivity index (χ0n) is 15.2. The second-order valence-corrected chi connectivity index (χ2v) is 6.74. The molecule has 3 rings (SSSR count). The van der Waals surface area contributed by atoms with Crippen molar-refractivity contribution in [2.45, 2.75) is 23.9 Å². The van der Waals surface area contributed by atoms with E-state index in [4.69, 9.17) is 9.47 Å². The van der Waals surface area contributed by atoms with Gasteiger partial charge in [0.05, 0.1) is 31.5 Å². The van der Waals surface area contributed by atoms with E-state index in [1.807, 2.05) is 36.4 Å². The third-order valence-corrected chi connectivity index (χ3v) is 5.17. The Morgan fingerprint density at radius 1 is 1.11 bits per heavy atom. The molecule has 3 aromatic rings. The summed E-state index contributed by atoms with van der Waals surface area (Å²) in [5.41, 5.74) is 1.48. The van der Waals surface area contributed by atoms with E-state index in [9.17, 15) is 9.59 Å². The average molecular weight is 384 g/mol. The Hall–Kier alpha value is -2.80. The average Bonchev–Trinajstić information content (AvgIpc) is 2.71. The standard InChI is InChI=1S/C20H20N2O4S/c1-25-17-10-6-3-7-14(17)13-27-20-21-16-9-5-4-8-15(16)19(24)22(20)12-11-18(23)26-2/h3-10H,11-13H2,1-2H3. The van der Waals surface area contributed by atoms with Gasteiger partial charge in [0, 0.05) is 17.9 Å². The molecule has 0 spiro atoms. The van der Waals surface area contributed by atoms with Gasteiger partial charge in [0.1, 0.15) is 5.75 Å². The van der Waals surface area contributed by atoms with Gasteiger partial charge in [-0.05, 0) is 18.2 Å². The van der Waals surface area contributed by atoms with Gasteiger partial charge in [-0.2, -0.15) is 0 Å². The predicted molar refractivity (Wildman–Crippen MR) is 105 cm³/mol. The van der Waals surface area contributed by atoms with E-state index in [0.717, 1.165) is 11.3 Å². The fourth-order valence-corrected chi connectivity index (χ4v) is 3.74. The molecule has 0 aliphatic heterocycles. The minimum Gasteiger partial charge on any atom is -0.496 e. The van der Waals surface area contributed by atoms with E-state index in [1.54, 1.807) is 23.8 Å². The number of aromatic nitrogens is 2. The Balaban J connectivity index is 1.96. The molecule has 7 heteroatoms. The molecule has 140 valence electrons. The molecule has 0 aliphatic rings. The summed E-state index contributed by atoms with van der Waals surface area (Å²) in [6.07, 6.45) is 0.110. The van der Waals surface area contributed by atoms with Crippen molar-refractivity contribution in [3.63, 3.8) is 0 Å². The highest BCUT2D eigenvalue weighted by Gasteiger charge is 2.14. The van der Waals surface area contributed by atoms with Gasteiger partial charge in [0.2, 0.25) is 0 Å². The second kappa shape index (κ2) is 8.73. The third kappa shape index (κ3) is 4.31. The number of ether oxygens (including phenoxy) is 2. The molecular formula is C20H20N2O4S. The van der Waals surface area contributed by atoms with Crippen LogP contribution in [0, 0.1) is 0 Å². The van der Waals surface area contributed by atoms with Gasteiger partial charge < -0.3 is 9.47 Å². The molecule has 0 radical (unpaired) electrons. The first kappa shape index (κ1) is 19.0. The van der Waals surface area contributed by atoms with Crippen LogP contribution < -0.4 is 10.3 Å². The normalized spacial score (nSPS) is 10.7. The van der Waals surface area contributed by atoms with Gasteiger partial charge in [0.15, 0.2) is 5.16 Å². The molecule has 0 amide bonds. The summed E-state index contributed by atoms with van der Waals surface area (Å²) >= 11 is 1.44. The molecule has 0 unspecified atom stereocenters. The zero-order valence-corrected chi connectivity index (χ0v) is 16.0. The number of carbonyl (C=O) groups is 1. The number of fused-ring (bicyclic) bond motifs is 1. The zero-order chi connectivity index (χ0) is 19.2. The van der Waals surface area contributed by atoms with Gasteiger partial charge in [-0.1, -0.05) is 42.1 Å². The summed E-state index contributed by atoms with van der Waals surface area (Å²) in [6.45, 7) is 0.220. The monoisotopic (exact) mass is 384 g/mol. The molecule has 0 saturated carbocycles. The molecule has 2 aromatic carbocycles. The third-order valence-electron chi connectivity index (χ3n) is 4.14. The molecule has 27 heavy (non-hydrogen) atoms. The number of nitrogens with zero attached hydrogens (tertiary/aromatic N) is 2. The number of rotatable bonds is 7. The van der Waals surface area contributed by atoms with Crippen LogP contribution >= 0.6 is 11.8 Å². The number of hydrogen-bond donors (Lipinski definition) is 0. The van der Waals surface area contributed by atoms with Crippen LogP contribution in [0.1, 0.15) is 12.0 Å². The minimum absolute atomic E-state index is 0.110. The van der Waals surface area contributed by atoms with Crippen molar-refractivity contribution in [3.8, 4) is 5.75 Å². The van der Waals surface area contributed by atoms with Gasteiger partial charge in [-0.15, -0.1) is 0 Å². The number of para-hydroxylation sites is 2. The summed E-state index contributed by atoms with van der Waals surface area (Å²) < 4.78 is 11.6. The van der Waals surface area contributed by atoms with Crippen molar-refractivity contribution < 1.29 is 14.3 Å². The summed E-state index contributed by atoms with van der Waals surface area (Å²) in [7, 11) is 2.96. The number of methoxy groups -OCH3 is 2. The van der Waals surface area contributed by atoms with Crippen LogP contribution in [0.2, 0.25) is 0 Å². The van der Waals surface area contributed by atoms with E-state index < -0.39 is 0 Å². The number of esters is 1. The lowest BCUT2D eigenvalue weighted by Gasteiger charge is -2.13. The minimum atomic E-state index is -0.365. The fraction of sp³-hybridized carbons (Fsp3) is 0.250. The number of hydrogen-bond acceptors (Lipinski definition) is 6. The lowest BCUT2D eigenvalue weighted by atomic mass is 10.2. The van der Waals surface area contributed by atoms with Crippen molar-refractivity contribution in [1.29, 1.82) is 0 Å². The molecular weight excluding hydrogens is 364 g/mol. The summed E-state index contributed by atoms with van der Waals surface area (Å²) in [6, 6.07) is 14.9. The van der Waals surface area contributed by atoms with Crippen molar-refractivity contribution in [1.82, 2.24) is 9.55 Å². The van der Waals surface area contributed by atoms with Gasteiger partial charge in [-0.3, -0.25) is 14.2 Å². The lowest BCUT2D eigenvalue weighted by Crippen LogP contribution is -2.24. The van der Waals surface area contributed by atoms with E-state index in [-0.39, 0.29) is 24.5 Å². The number of carbonyl (C=O) groups excluding carboxylic acids is 1. The molecule has 6 nitrogen and oxygen atoms in total. The van der Waals surface area contributed by atoms with E-state index >= 15 is 0 Å². The highest BCUT2D eigenvalue weighted by Crippen LogP contribution is 2.27. The van der Waals surface area contributed by atoms with Crippen molar-refractivity contribution in [2.75, 3.05) is 14.2 Å². The fourth-order valence-electron chi connectivity index (χ4n) is 2.72. The quantitative estimate of drug-likeness (QED) is 0.354. The van der Waals surface area contributed by atoms with Crippen molar-refractivity contribution >= 4 is 28.6 Å². The Bertz CT molecular complexity index is 1020. The van der Waals surface area contributed by atoms with Crippen LogP contribution in [-0.2, 0) is 21.8 Å². The first-order valence-corrected chi connectivity index (χ1v) is 9.43. The van der Waals surface area contributed by atoms with Crippen LogP contribution in [-0.4, -0.2) is 29.7 Å². The Kier molecular flexibility index (Phi) is 6.13. The Morgan fingerprint density at radius 3 is 2.63 bits per heavy atom. The molecule has 1 aromatic heterocycles. The summed E-state index contributed by atoms with van der Waals surface area (Å²) in [5.74, 6) is 1.01. The lowest BCUT2D eigenvalue weighted by molar-refractivity contribution is -0.140. The maximum absolute atomic E-state index is 12.9. The number of benzene rings is 2. The highest BCUT2D eigenvalue weighted by molar-refractivity contribution is 7.98. The molecule has 0 N–H and O–H groups in total. The van der Waals surface area contributed by atoms with Crippen LogP contribution in [0.25, 0.3) is 10.9 Å². The molecule has 0 fully saturated rings. The predicted octanol–water partition coefficient (Wildman–Crippen LogP) is 3.26. The topological polar surface area (TPSA) is 70.4 Å². The molecule has 0 atom stereocenters. The van der Waals surface area contributed by atoms with Gasteiger partial charge in [0.25, 0.3) is 5.56 Å². The first-order valence-electron chi connectivity index (χ1n) is 8.45. The van der Waals surface area contributed by atoms with Crippen LogP contribution in [0.15, 0.2) is 58.5 Å². The van der Waals surface area contributed by atoms with Gasteiger partial charge >= 0.3 is 5.97 Å². The van der Waals surface area contributed by atoms with Crippen LogP contribution in [0.4, 0.5) is 0 Å². The van der Waals surface area contributed by atoms with Crippen LogP contribution in [0.5, 0.6) is 5.75 Å². The number of thioether (sulfide) groups is 1. The molecule has 1 heterocycles. The molecule has 0 aliphatic carbocycles. The Morgan fingerprint density at radius 2 is 1.85 bits per heavy atom. The first-order chi connectivity index (χ1) is 13.1. The van der Waals surface area contributed by atoms with Crippen LogP contribution in [0.3, 0.4) is 0 Å². The smallest absolute Gasteiger partial charge is 0.307 e. The van der Waals surface area contributed by atoms with Gasteiger partial charge in [-0.25, -0.2) is 4.98 Å². The summed E-state index contributed by atoms with van der Waals surface area (Å²) in [4.78, 5) is 29.1. The van der Waals surface area contributed by atoms with Crippen molar-refractivity contribution in [2.24, 2.45) is 0 Å². The van der Waals surface area contributed by atoms with Crippen molar-refractivity contribution in [3.05, 3.63) is 64.4 Å². The summed E-state index contributed by atoms with van der Waals surface area (Å²) in [5, 5.41) is 1.09. The highest BCUT2D eigenvalue weighted by atomic mass is 32.2. The second-order valence-electron chi connectivity index (χ2n) is 5.79. The largest absolute Gasteiger partial charge is 0.496 e. The van der Waals surface area contributed by atoms with E-state index in [2.05, 4.69) is 4.98 Å². The molecule has 0 saturated heterocycles. The maximum Gasteiger partial charge on any atom is 0.307 e.